The van der Waals surface area contributed by atoms with Gasteiger partial charge in [-0.2, -0.15) is 0 Å². The summed E-state index contributed by atoms with van der Waals surface area (Å²) in [7, 11) is 1.34. The van der Waals surface area contributed by atoms with E-state index in [4.69, 9.17) is 33.2 Å². The summed E-state index contributed by atoms with van der Waals surface area (Å²) < 4.78 is 48.4. The molecule has 3 N–H and O–H groups in total. The minimum absolute atomic E-state index is 0.0207. The number of hydrogen-bond acceptors (Lipinski definition) is 14. The van der Waals surface area contributed by atoms with E-state index in [2.05, 4.69) is 69.1 Å². The minimum Gasteiger partial charge on any atom is -0.486 e. The lowest BCUT2D eigenvalue weighted by molar-refractivity contribution is -0.328. The predicted octanol–water partition coefficient (Wildman–Crippen LogP) is 8.07. The summed E-state index contributed by atoms with van der Waals surface area (Å²) >= 11 is 0. The number of nitrogens with zero attached hydrogens (tertiary/aromatic N) is 1. The van der Waals surface area contributed by atoms with Gasteiger partial charge >= 0.3 is 5.97 Å². The van der Waals surface area contributed by atoms with Gasteiger partial charge in [-0.3, -0.25) is 14.9 Å². The summed E-state index contributed by atoms with van der Waals surface area (Å²) in [6.07, 6.45) is 8.63. The summed E-state index contributed by atoms with van der Waals surface area (Å²) in [5, 5.41) is 28.5. The number of carbonyl (C=O) groups is 3. The molecule has 394 valence electrons. The molecule has 4 bridgehead atoms. The first kappa shape index (κ1) is 49.8. The van der Waals surface area contributed by atoms with Crippen LogP contribution in [0.5, 0.6) is 17.2 Å². The molecular weight excluding hydrogens is 941 g/mol. The third-order valence-corrected chi connectivity index (χ3v) is 18.6. The maximum Gasteiger partial charge on any atom is 0.333 e. The zero-order chi connectivity index (χ0) is 52.4. The molecule has 2 spiro atoms. The predicted molar refractivity (Wildman–Crippen MR) is 275 cm³/mol. The van der Waals surface area contributed by atoms with Gasteiger partial charge in [0.05, 0.1) is 48.2 Å². The van der Waals surface area contributed by atoms with E-state index in [-0.39, 0.29) is 29.8 Å². The number of methoxy groups -OCH3 is 1. The van der Waals surface area contributed by atoms with E-state index in [1.54, 1.807) is 13.0 Å². The molecule has 2 aromatic rings. The Balaban J connectivity index is 1.18. The molecule has 8 unspecified atom stereocenters. The highest BCUT2D eigenvalue weighted by molar-refractivity contribution is 6.22. The molecule has 14 nitrogen and oxygen atoms in total. The van der Waals surface area contributed by atoms with E-state index >= 15 is 9.59 Å². The largest absolute Gasteiger partial charge is 0.486 e. The molecule has 4 saturated carbocycles. The molecule has 6 heterocycles. The standard InChI is InChI=1S/C60H72N2O12/c1-30(2)15-14-22-57(10)23-21-37-49(72-57)36(19-18-31(3)4)51-43(50(37)70-39-27-33-29-69-56(8,9)71-48(33)47(65)46(39)64)60-52-41(42-44(62(60)26-25-61-60)34-16-12-13-17-35(34)45(42)63)38-28-40-55(6,7)74-58(53(38)66,59(40,52)73-51)24-20-32(5)54(67)68-11/h12-13,15-18,20-21,23,33,38-41,46-48,52,61,64-65H,14,19,22,24-29H2,1-11H3/t33-,38?,39-,40?,41?,46+,47-,48-,52?,57?,58?,59?,60?/m1/s1. The van der Waals surface area contributed by atoms with Crippen molar-refractivity contribution in [2.24, 2.45) is 29.6 Å². The molecule has 11 aliphatic rings. The van der Waals surface area contributed by atoms with Gasteiger partial charge in [0.15, 0.2) is 28.6 Å². The maximum atomic E-state index is 16.3. The number of fused-ring (bicyclic) bond motifs is 6. The number of Topliss-reactive ketones (excluding diaryl/α,β-unsaturated/α-hetero) is 2. The number of carbonyl (C=O) groups excluding carboxylic acids is 3. The maximum absolute atomic E-state index is 16.3. The average molecular weight is 1010 g/mol. The number of allylic oxidation sites excluding steroid dienone is 5. The summed E-state index contributed by atoms with van der Waals surface area (Å²) in [5.41, 5.74) is 1.58. The van der Waals surface area contributed by atoms with Crippen molar-refractivity contribution in [3.05, 3.63) is 98.7 Å². The van der Waals surface area contributed by atoms with Crippen LogP contribution in [0.3, 0.4) is 0 Å². The number of ketones is 2. The van der Waals surface area contributed by atoms with E-state index < -0.39 is 82.0 Å². The van der Waals surface area contributed by atoms with E-state index in [9.17, 15) is 15.0 Å². The van der Waals surface area contributed by atoms with Gasteiger partial charge in [-0.15, -0.1) is 0 Å². The molecule has 74 heavy (non-hydrogen) atoms. The van der Waals surface area contributed by atoms with Gasteiger partial charge in [-0.05, 0) is 113 Å². The highest BCUT2D eigenvalue weighted by atomic mass is 16.7. The Morgan fingerprint density at radius 2 is 1.68 bits per heavy atom. The van der Waals surface area contributed by atoms with Gasteiger partial charge in [-0.1, -0.05) is 53.6 Å². The third-order valence-electron chi connectivity index (χ3n) is 18.6. The van der Waals surface area contributed by atoms with Gasteiger partial charge in [0, 0.05) is 71.0 Å². The van der Waals surface area contributed by atoms with Crippen LogP contribution in [-0.2, 0) is 40.6 Å². The monoisotopic (exact) mass is 1010 g/mol. The number of esters is 1. The van der Waals surface area contributed by atoms with Crippen LogP contribution in [0, 0.1) is 29.6 Å². The number of aliphatic hydroxyl groups is 2. The molecule has 5 aliphatic carbocycles. The second kappa shape index (κ2) is 16.7. The van der Waals surface area contributed by atoms with Crippen molar-refractivity contribution in [1.29, 1.82) is 0 Å². The number of hydrogen-bond donors (Lipinski definition) is 3. The van der Waals surface area contributed by atoms with Crippen molar-refractivity contribution in [2.45, 2.75) is 166 Å². The summed E-state index contributed by atoms with van der Waals surface area (Å²) in [6, 6.07) is 7.76. The van der Waals surface area contributed by atoms with E-state index in [0.717, 1.165) is 28.8 Å². The van der Waals surface area contributed by atoms with Crippen molar-refractivity contribution in [3.8, 4) is 17.2 Å². The van der Waals surface area contributed by atoms with Crippen LogP contribution in [0.25, 0.3) is 11.8 Å². The zero-order valence-electron chi connectivity index (χ0n) is 44.7. The van der Waals surface area contributed by atoms with Crippen LogP contribution < -0.4 is 19.5 Å². The SMILES string of the molecule is COC(=O)C(C)=CCC12OC(C)(C)C3CC(C1=O)C1C4=C(c5ccccc5C4=O)N4CCNC45c4c(O[C@@H]6C[C@@H]7COC(C)(C)O[C@H]7[C@H](O)[C@H]6O)c6c(c(CC=C(C)C)c4OC32C15)OC(C)(CCC=C(C)C)C=C6. The van der Waals surface area contributed by atoms with Crippen LogP contribution in [0.1, 0.15) is 134 Å². The van der Waals surface area contributed by atoms with Crippen molar-refractivity contribution in [2.75, 3.05) is 26.8 Å². The average Bonchev–Trinajstić information content (AvgIpc) is 4.13. The molecule has 0 radical (unpaired) electrons. The molecule has 13 rings (SSSR count). The van der Waals surface area contributed by atoms with Gasteiger partial charge in [0.1, 0.15) is 46.8 Å². The molecule has 3 saturated heterocycles. The molecule has 13 atom stereocenters. The molecule has 0 amide bonds. The van der Waals surface area contributed by atoms with E-state index in [0.29, 0.717) is 90.5 Å². The lowest BCUT2D eigenvalue weighted by atomic mass is 9.39. The minimum atomic E-state index is -1.63. The van der Waals surface area contributed by atoms with Crippen LogP contribution in [-0.4, -0.2) is 112 Å². The quantitative estimate of drug-likeness (QED) is 0.119. The Morgan fingerprint density at radius 1 is 0.932 bits per heavy atom. The third kappa shape index (κ3) is 6.66. The first-order chi connectivity index (χ1) is 35.0. The fraction of sp³-hybridized carbons (Fsp3) is 0.583. The van der Waals surface area contributed by atoms with Crippen molar-refractivity contribution in [1.82, 2.24) is 10.2 Å². The van der Waals surface area contributed by atoms with Crippen LogP contribution in [0.2, 0.25) is 0 Å². The highest BCUT2D eigenvalue weighted by Crippen LogP contribution is 2.78. The molecule has 7 fully saturated rings. The molecule has 2 aromatic carbocycles. The summed E-state index contributed by atoms with van der Waals surface area (Å²) in [5.74, 6) is -2.83. The Morgan fingerprint density at radius 3 is 2.41 bits per heavy atom. The summed E-state index contributed by atoms with van der Waals surface area (Å²) in [6.45, 7) is 21.1. The molecule has 14 heteroatoms. The van der Waals surface area contributed by atoms with Crippen molar-refractivity contribution < 1.29 is 57.8 Å². The second-order valence-electron chi connectivity index (χ2n) is 24.5. The lowest BCUT2D eigenvalue weighted by Crippen LogP contribution is -2.84. The fourth-order valence-corrected chi connectivity index (χ4v) is 15.6. The zero-order valence-corrected chi connectivity index (χ0v) is 44.7. The number of rotatable bonds is 10. The second-order valence-corrected chi connectivity index (χ2v) is 24.5. The first-order valence-electron chi connectivity index (χ1n) is 26.9. The molecular formula is C60H72N2O12. The molecule has 6 aliphatic heterocycles. The number of nitrogens with one attached hydrogen (secondary N) is 1. The van der Waals surface area contributed by atoms with Crippen molar-refractivity contribution in [3.63, 3.8) is 0 Å². The van der Waals surface area contributed by atoms with Gasteiger partial charge in [0.2, 0.25) is 0 Å². The van der Waals surface area contributed by atoms with Crippen molar-refractivity contribution >= 4 is 29.3 Å². The van der Waals surface area contributed by atoms with Gasteiger partial charge in [-0.25, -0.2) is 4.79 Å². The Hall–Kier alpha value is -5.09. The highest BCUT2D eigenvalue weighted by Gasteiger charge is 2.89. The Kier molecular flexibility index (Phi) is 11.2. The topological polar surface area (TPSA) is 172 Å². The number of ether oxygens (including phenoxy) is 7. The van der Waals surface area contributed by atoms with Crippen LogP contribution in [0.15, 0.2) is 70.9 Å². The summed E-state index contributed by atoms with van der Waals surface area (Å²) in [4.78, 5) is 47.2. The normalized spacial score (nSPS) is 37.8. The van der Waals surface area contributed by atoms with E-state index in [1.165, 1.54) is 12.7 Å². The molecule has 0 aromatic heterocycles. The number of aliphatic hydroxyl groups excluding tert-OH is 2. The van der Waals surface area contributed by atoms with Crippen LogP contribution in [0.4, 0.5) is 0 Å². The van der Waals surface area contributed by atoms with E-state index in [1.807, 2.05) is 52.0 Å². The van der Waals surface area contributed by atoms with Crippen LogP contribution >= 0.6 is 0 Å². The van der Waals surface area contributed by atoms with Gasteiger partial charge in [0.25, 0.3) is 0 Å². The Labute approximate surface area is 434 Å². The first-order valence-corrected chi connectivity index (χ1v) is 26.9. The smallest absolute Gasteiger partial charge is 0.333 e. The lowest BCUT2D eigenvalue weighted by Gasteiger charge is -2.71. The number of benzene rings is 2. The Bertz CT molecular complexity index is 2950. The van der Waals surface area contributed by atoms with Gasteiger partial charge < -0.3 is 48.3 Å². The fourth-order valence-electron chi connectivity index (χ4n) is 15.6.